The zero-order valence-electron chi connectivity index (χ0n) is 9.08. The van der Waals surface area contributed by atoms with Gasteiger partial charge in [-0.05, 0) is 38.8 Å². The van der Waals surface area contributed by atoms with Gasteiger partial charge in [0, 0.05) is 19.1 Å². The van der Waals surface area contributed by atoms with Crippen LogP contribution in [0.25, 0.3) is 0 Å². The van der Waals surface area contributed by atoms with Crippen LogP contribution >= 0.6 is 0 Å². The van der Waals surface area contributed by atoms with E-state index in [1.54, 1.807) is 7.05 Å². The highest BCUT2D eigenvalue weighted by Crippen LogP contribution is 2.69. The second-order valence-electron chi connectivity index (χ2n) is 5.33. The molecule has 0 spiro atoms. The van der Waals surface area contributed by atoms with Crippen LogP contribution in [0.4, 0.5) is 4.79 Å². The number of carbonyl (C=O) groups is 1. The van der Waals surface area contributed by atoms with E-state index in [0.717, 1.165) is 25.8 Å². The summed E-state index contributed by atoms with van der Waals surface area (Å²) in [6.07, 6.45) is 2.38. The van der Waals surface area contributed by atoms with Crippen LogP contribution < -0.4 is 0 Å². The molecular weight excluding hydrogens is 180 g/mol. The molecule has 3 aliphatic rings. The second kappa shape index (κ2) is 2.63. The molecule has 0 unspecified atom stereocenters. The normalized spacial score (nSPS) is 38.9. The Morgan fingerprint density at radius 3 is 2.14 bits per heavy atom. The average molecular weight is 198 g/mol. The molecule has 3 rings (SSSR count). The van der Waals surface area contributed by atoms with Crippen LogP contribution in [0.1, 0.15) is 19.3 Å². The summed E-state index contributed by atoms with van der Waals surface area (Å²) < 4.78 is 0. The quantitative estimate of drug-likeness (QED) is 0.738. The van der Waals surface area contributed by atoms with Gasteiger partial charge in [0.25, 0.3) is 0 Å². The molecule has 0 aliphatic heterocycles. The summed E-state index contributed by atoms with van der Waals surface area (Å²) in [7, 11) is 5.85. The van der Waals surface area contributed by atoms with Crippen molar-refractivity contribution in [2.24, 2.45) is 5.41 Å². The summed E-state index contributed by atoms with van der Waals surface area (Å²) in [5.41, 5.74) is 0.440. The maximum atomic E-state index is 10.8. The van der Waals surface area contributed by atoms with E-state index < -0.39 is 6.09 Å². The van der Waals surface area contributed by atoms with Crippen LogP contribution in [0.3, 0.4) is 0 Å². The number of hydrogen-bond donors (Lipinski definition) is 1. The summed E-state index contributed by atoms with van der Waals surface area (Å²) >= 11 is 0. The molecule has 4 heteroatoms. The van der Waals surface area contributed by atoms with Gasteiger partial charge in [-0.3, -0.25) is 0 Å². The molecular formula is C10H18N2O2. The highest BCUT2D eigenvalue weighted by molar-refractivity contribution is 5.67. The molecule has 1 amide bonds. The molecule has 0 atom stereocenters. The lowest BCUT2D eigenvalue weighted by atomic mass is 9.38. The predicted molar refractivity (Wildman–Crippen MR) is 53.4 cm³/mol. The molecule has 3 aliphatic carbocycles. The van der Waals surface area contributed by atoms with Crippen molar-refractivity contribution in [1.82, 2.24) is 9.80 Å². The Morgan fingerprint density at radius 1 is 1.29 bits per heavy atom. The molecule has 2 bridgehead atoms. The molecule has 0 aromatic carbocycles. The smallest absolute Gasteiger partial charge is 0.407 e. The van der Waals surface area contributed by atoms with Crippen molar-refractivity contribution in [3.05, 3.63) is 0 Å². The van der Waals surface area contributed by atoms with E-state index in [4.69, 9.17) is 5.11 Å². The van der Waals surface area contributed by atoms with Gasteiger partial charge in [-0.1, -0.05) is 0 Å². The largest absolute Gasteiger partial charge is 0.465 e. The van der Waals surface area contributed by atoms with Crippen molar-refractivity contribution in [3.8, 4) is 0 Å². The first kappa shape index (κ1) is 9.77. The first-order valence-electron chi connectivity index (χ1n) is 5.01. The molecule has 4 nitrogen and oxygen atoms in total. The SMILES string of the molecule is CN(C)CC12CC(N(C)C(=O)O)(C1)C2. The molecule has 3 fully saturated rings. The van der Waals surface area contributed by atoms with Crippen molar-refractivity contribution in [1.29, 1.82) is 0 Å². The summed E-state index contributed by atoms with van der Waals surface area (Å²) in [5.74, 6) is 0. The Morgan fingerprint density at radius 2 is 1.79 bits per heavy atom. The highest BCUT2D eigenvalue weighted by atomic mass is 16.4. The zero-order valence-corrected chi connectivity index (χ0v) is 9.08. The van der Waals surface area contributed by atoms with E-state index in [1.165, 1.54) is 4.90 Å². The van der Waals surface area contributed by atoms with Crippen LogP contribution in [-0.2, 0) is 0 Å². The van der Waals surface area contributed by atoms with E-state index in [2.05, 4.69) is 19.0 Å². The Kier molecular flexibility index (Phi) is 1.83. The van der Waals surface area contributed by atoms with E-state index >= 15 is 0 Å². The van der Waals surface area contributed by atoms with Crippen LogP contribution in [0, 0.1) is 5.41 Å². The number of amides is 1. The van der Waals surface area contributed by atoms with Crippen LogP contribution in [-0.4, -0.2) is 54.2 Å². The van der Waals surface area contributed by atoms with E-state index in [9.17, 15) is 4.79 Å². The van der Waals surface area contributed by atoms with Crippen LogP contribution in [0.5, 0.6) is 0 Å². The lowest BCUT2D eigenvalue weighted by Gasteiger charge is -2.73. The maximum absolute atomic E-state index is 10.8. The molecule has 14 heavy (non-hydrogen) atoms. The lowest BCUT2D eigenvalue weighted by molar-refractivity contribution is -0.206. The van der Waals surface area contributed by atoms with E-state index in [1.807, 2.05) is 0 Å². The van der Waals surface area contributed by atoms with Gasteiger partial charge in [-0.25, -0.2) is 4.79 Å². The first-order valence-corrected chi connectivity index (χ1v) is 5.01. The Balaban J connectivity index is 1.91. The molecule has 0 heterocycles. The third-order valence-electron chi connectivity index (χ3n) is 3.76. The van der Waals surface area contributed by atoms with Gasteiger partial charge in [0.1, 0.15) is 0 Å². The van der Waals surface area contributed by atoms with Gasteiger partial charge >= 0.3 is 6.09 Å². The van der Waals surface area contributed by atoms with Crippen molar-refractivity contribution in [3.63, 3.8) is 0 Å². The Bertz CT molecular complexity index is 256. The second-order valence-corrected chi connectivity index (χ2v) is 5.33. The summed E-state index contributed by atoms with van der Waals surface area (Å²) in [6.45, 7) is 1.10. The third-order valence-corrected chi connectivity index (χ3v) is 3.76. The van der Waals surface area contributed by atoms with Crippen molar-refractivity contribution in [2.45, 2.75) is 24.8 Å². The number of rotatable bonds is 3. The zero-order chi connectivity index (χ0) is 10.6. The highest BCUT2D eigenvalue weighted by Gasteiger charge is 2.70. The van der Waals surface area contributed by atoms with Crippen LogP contribution in [0.15, 0.2) is 0 Å². The van der Waals surface area contributed by atoms with Gasteiger partial charge in [-0.2, -0.15) is 0 Å². The van der Waals surface area contributed by atoms with Gasteiger partial charge in [-0.15, -0.1) is 0 Å². The molecule has 0 saturated heterocycles. The first-order chi connectivity index (χ1) is 6.39. The molecule has 0 aromatic rings. The summed E-state index contributed by atoms with van der Waals surface area (Å²) in [6, 6.07) is 0. The fourth-order valence-corrected chi connectivity index (χ4v) is 3.34. The Hall–Kier alpha value is -0.770. The lowest BCUT2D eigenvalue weighted by Crippen LogP contribution is -2.76. The van der Waals surface area contributed by atoms with Gasteiger partial charge < -0.3 is 14.9 Å². The predicted octanol–water partition coefficient (Wildman–Crippen LogP) is 1.08. The summed E-state index contributed by atoms with van der Waals surface area (Å²) in [4.78, 5) is 14.5. The number of nitrogens with zero attached hydrogens (tertiary/aromatic N) is 2. The molecule has 3 saturated carbocycles. The minimum Gasteiger partial charge on any atom is -0.465 e. The minimum atomic E-state index is -0.789. The van der Waals surface area contributed by atoms with Crippen LogP contribution in [0.2, 0.25) is 0 Å². The molecule has 80 valence electrons. The summed E-state index contributed by atoms with van der Waals surface area (Å²) in [5, 5.41) is 8.89. The standard InChI is InChI=1S/C10H18N2O2/c1-11(2)7-9-4-10(5-9,6-9)12(3)8(13)14/h4-7H2,1-3H3,(H,13,14). The van der Waals surface area contributed by atoms with Crippen molar-refractivity contribution in [2.75, 3.05) is 27.7 Å². The van der Waals surface area contributed by atoms with Gasteiger partial charge in [0.15, 0.2) is 0 Å². The molecule has 1 N–H and O–H groups in total. The Labute approximate surface area is 84.5 Å². The number of carboxylic acid groups (broad SMARTS) is 1. The monoisotopic (exact) mass is 198 g/mol. The molecule has 0 aromatic heterocycles. The molecule has 0 radical (unpaired) electrons. The van der Waals surface area contributed by atoms with Gasteiger partial charge in [0.2, 0.25) is 0 Å². The minimum absolute atomic E-state index is 0.00183. The van der Waals surface area contributed by atoms with Gasteiger partial charge in [0.05, 0.1) is 0 Å². The average Bonchev–Trinajstić information content (AvgIpc) is 1.91. The van der Waals surface area contributed by atoms with E-state index in [-0.39, 0.29) is 5.54 Å². The fraction of sp³-hybridized carbons (Fsp3) is 0.900. The number of hydrogen-bond acceptors (Lipinski definition) is 2. The maximum Gasteiger partial charge on any atom is 0.407 e. The third kappa shape index (κ3) is 1.13. The van der Waals surface area contributed by atoms with Crippen molar-refractivity contribution >= 4 is 6.09 Å². The van der Waals surface area contributed by atoms with Crippen molar-refractivity contribution < 1.29 is 9.90 Å². The fourth-order valence-electron chi connectivity index (χ4n) is 3.34. The van der Waals surface area contributed by atoms with E-state index in [0.29, 0.717) is 5.41 Å². The topological polar surface area (TPSA) is 43.8 Å².